The van der Waals surface area contributed by atoms with Crippen molar-refractivity contribution >= 4 is 29.0 Å². The zero-order chi connectivity index (χ0) is 11.3. The van der Waals surface area contributed by atoms with Crippen molar-refractivity contribution in [2.24, 2.45) is 4.99 Å². The summed E-state index contributed by atoms with van der Waals surface area (Å²) < 4.78 is 5.29. The molecule has 82 valence electrons. The van der Waals surface area contributed by atoms with Gasteiger partial charge in [0, 0.05) is 6.42 Å². The predicted octanol–water partition coefficient (Wildman–Crippen LogP) is 2.19. The van der Waals surface area contributed by atoms with Crippen LogP contribution in [0.25, 0.3) is 0 Å². The third-order valence-corrected chi connectivity index (χ3v) is 1.93. The van der Waals surface area contributed by atoms with Gasteiger partial charge in [0.2, 0.25) is 0 Å². The minimum absolute atomic E-state index is 0.230. The highest BCUT2D eigenvalue weighted by Gasteiger charge is 2.07. The Morgan fingerprint density at radius 3 is 2.80 bits per heavy atom. The van der Waals surface area contributed by atoms with Gasteiger partial charge >= 0.3 is 0 Å². The molecule has 0 atom stereocenters. The lowest BCUT2D eigenvalue weighted by molar-refractivity contribution is 0.319. The summed E-state index contributed by atoms with van der Waals surface area (Å²) in [4.78, 5) is 11.8. The molecule has 0 fully saturated rings. The molecule has 0 radical (unpaired) electrons. The molecule has 2 N–H and O–H groups in total. The van der Waals surface area contributed by atoms with Gasteiger partial charge < -0.3 is 10.5 Å². The van der Waals surface area contributed by atoms with Gasteiger partial charge in [-0.2, -0.15) is 0 Å². The second-order valence-electron chi connectivity index (χ2n) is 2.69. The maximum Gasteiger partial charge on any atom is 0.188 e. The normalized spacial score (nSPS) is 11.5. The van der Waals surface area contributed by atoms with Crippen molar-refractivity contribution in [3.63, 3.8) is 0 Å². The van der Waals surface area contributed by atoms with Gasteiger partial charge in [0.15, 0.2) is 16.9 Å². The van der Waals surface area contributed by atoms with Crippen molar-refractivity contribution in [1.82, 2.24) is 9.97 Å². The molecular formula is C9H13ClN4O. The Labute approximate surface area is 93.3 Å². The van der Waals surface area contributed by atoms with E-state index in [9.17, 15) is 0 Å². The number of aromatic nitrogens is 2. The quantitative estimate of drug-likeness (QED) is 0.489. The minimum atomic E-state index is 0.230. The van der Waals surface area contributed by atoms with Crippen LogP contribution in [0.5, 0.6) is 0 Å². The maximum absolute atomic E-state index is 5.84. The molecule has 0 aliphatic carbocycles. The molecule has 6 heteroatoms. The fourth-order valence-electron chi connectivity index (χ4n) is 0.978. The molecule has 0 aromatic carbocycles. The first-order chi connectivity index (χ1) is 7.19. The lowest BCUT2D eigenvalue weighted by Gasteiger charge is -2.06. The van der Waals surface area contributed by atoms with Crippen molar-refractivity contribution in [2.75, 3.05) is 12.3 Å². The predicted molar refractivity (Wildman–Crippen MR) is 60.5 cm³/mol. The Balaban J connectivity index is 3.04. The van der Waals surface area contributed by atoms with Gasteiger partial charge in [-0.05, 0) is 6.92 Å². The van der Waals surface area contributed by atoms with E-state index in [1.165, 1.54) is 6.33 Å². The summed E-state index contributed by atoms with van der Waals surface area (Å²) in [6.45, 7) is 4.37. The Kier molecular flexibility index (Phi) is 4.30. The number of rotatable bonds is 3. The average molecular weight is 229 g/mol. The van der Waals surface area contributed by atoms with Crippen molar-refractivity contribution in [3.8, 4) is 0 Å². The van der Waals surface area contributed by atoms with Crippen LogP contribution in [-0.2, 0) is 4.74 Å². The summed E-state index contributed by atoms with van der Waals surface area (Å²) in [5, 5.41) is 0.230. The smallest absolute Gasteiger partial charge is 0.188 e. The van der Waals surface area contributed by atoms with Crippen LogP contribution in [0.15, 0.2) is 11.3 Å². The SMILES string of the molecule is CCOC(CC)=Nc1c(N)ncnc1Cl. The number of anilines is 1. The molecule has 1 aromatic rings. The van der Waals surface area contributed by atoms with E-state index in [1.54, 1.807) is 0 Å². The maximum atomic E-state index is 5.84. The molecule has 1 rings (SSSR count). The van der Waals surface area contributed by atoms with E-state index in [2.05, 4.69) is 15.0 Å². The number of aliphatic imine (C=N–C) groups is 1. The standard InChI is InChI=1S/C9H13ClN4O/c1-3-6(15-4-2)14-7-8(10)12-5-13-9(7)11/h5H,3-4H2,1-2H3,(H2,11,12,13). The van der Waals surface area contributed by atoms with Crippen molar-refractivity contribution in [3.05, 3.63) is 11.5 Å². The van der Waals surface area contributed by atoms with E-state index in [0.717, 1.165) is 0 Å². The van der Waals surface area contributed by atoms with E-state index in [-0.39, 0.29) is 11.0 Å². The Morgan fingerprint density at radius 1 is 1.53 bits per heavy atom. The third kappa shape index (κ3) is 3.06. The molecule has 5 nitrogen and oxygen atoms in total. The van der Waals surface area contributed by atoms with Gasteiger partial charge in [-0.25, -0.2) is 15.0 Å². The lowest BCUT2D eigenvalue weighted by atomic mass is 10.4. The van der Waals surface area contributed by atoms with E-state index in [0.29, 0.717) is 24.6 Å². The molecule has 0 spiro atoms. The number of hydrogen-bond donors (Lipinski definition) is 1. The van der Waals surface area contributed by atoms with Crippen molar-refractivity contribution in [1.29, 1.82) is 0 Å². The van der Waals surface area contributed by atoms with Gasteiger partial charge in [0.25, 0.3) is 0 Å². The topological polar surface area (TPSA) is 73.4 Å². The largest absolute Gasteiger partial charge is 0.481 e. The Bertz CT molecular complexity index is 347. The molecule has 15 heavy (non-hydrogen) atoms. The molecule has 0 aliphatic heterocycles. The van der Waals surface area contributed by atoms with E-state index in [4.69, 9.17) is 22.1 Å². The summed E-state index contributed by atoms with van der Waals surface area (Å²) in [6, 6.07) is 0. The van der Waals surface area contributed by atoms with Gasteiger partial charge in [-0.15, -0.1) is 0 Å². The highest BCUT2D eigenvalue weighted by atomic mass is 35.5. The molecule has 0 aliphatic rings. The first kappa shape index (κ1) is 11.7. The van der Waals surface area contributed by atoms with Crippen LogP contribution in [0, 0.1) is 0 Å². The highest BCUT2D eigenvalue weighted by Crippen LogP contribution is 2.27. The number of hydrogen-bond acceptors (Lipinski definition) is 5. The summed E-state index contributed by atoms with van der Waals surface area (Å²) >= 11 is 5.84. The van der Waals surface area contributed by atoms with Gasteiger partial charge in [-0.1, -0.05) is 18.5 Å². The summed E-state index contributed by atoms with van der Waals surface area (Å²) in [5.41, 5.74) is 5.99. The monoisotopic (exact) mass is 228 g/mol. The number of nitrogens with zero attached hydrogens (tertiary/aromatic N) is 3. The number of ether oxygens (including phenoxy) is 1. The van der Waals surface area contributed by atoms with Gasteiger partial charge in [0.05, 0.1) is 6.61 Å². The van der Waals surface area contributed by atoms with Crippen LogP contribution >= 0.6 is 11.6 Å². The molecule has 0 bridgehead atoms. The van der Waals surface area contributed by atoms with Crippen LogP contribution in [0.3, 0.4) is 0 Å². The second kappa shape index (κ2) is 5.50. The minimum Gasteiger partial charge on any atom is -0.481 e. The fourth-order valence-corrected chi connectivity index (χ4v) is 1.16. The number of nitrogen functional groups attached to an aromatic ring is 1. The fraction of sp³-hybridized carbons (Fsp3) is 0.444. The van der Waals surface area contributed by atoms with Crippen LogP contribution in [0.1, 0.15) is 20.3 Å². The zero-order valence-corrected chi connectivity index (χ0v) is 9.45. The molecule has 0 saturated heterocycles. The lowest BCUT2D eigenvalue weighted by Crippen LogP contribution is -2.03. The molecule has 1 heterocycles. The van der Waals surface area contributed by atoms with Crippen LogP contribution in [-0.4, -0.2) is 22.5 Å². The van der Waals surface area contributed by atoms with Gasteiger partial charge in [-0.3, -0.25) is 0 Å². The van der Waals surface area contributed by atoms with Crippen molar-refractivity contribution < 1.29 is 4.74 Å². The van der Waals surface area contributed by atoms with Crippen LogP contribution in [0.4, 0.5) is 11.5 Å². The molecule has 1 aromatic heterocycles. The molecule has 0 amide bonds. The second-order valence-corrected chi connectivity index (χ2v) is 3.05. The summed E-state index contributed by atoms with van der Waals surface area (Å²) in [6.07, 6.45) is 1.96. The summed E-state index contributed by atoms with van der Waals surface area (Å²) in [7, 11) is 0. The first-order valence-electron chi connectivity index (χ1n) is 4.65. The third-order valence-electron chi connectivity index (χ3n) is 1.66. The van der Waals surface area contributed by atoms with Gasteiger partial charge in [0.1, 0.15) is 12.0 Å². The van der Waals surface area contributed by atoms with Crippen LogP contribution in [0.2, 0.25) is 5.15 Å². The molecular weight excluding hydrogens is 216 g/mol. The Hall–Kier alpha value is -1.36. The molecule has 0 unspecified atom stereocenters. The van der Waals surface area contributed by atoms with Crippen LogP contribution < -0.4 is 5.73 Å². The average Bonchev–Trinajstić information content (AvgIpc) is 2.22. The zero-order valence-electron chi connectivity index (χ0n) is 8.70. The number of nitrogens with two attached hydrogens (primary N) is 1. The molecule has 0 saturated carbocycles. The van der Waals surface area contributed by atoms with E-state index < -0.39 is 0 Å². The summed E-state index contributed by atoms with van der Waals surface area (Å²) in [5.74, 6) is 0.821. The highest BCUT2D eigenvalue weighted by molar-refractivity contribution is 6.32. The van der Waals surface area contributed by atoms with E-state index >= 15 is 0 Å². The Morgan fingerprint density at radius 2 is 2.27 bits per heavy atom. The van der Waals surface area contributed by atoms with E-state index in [1.807, 2.05) is 13.8 Å². The number of halogens is 1. The first-order valence-corrected chi connectivity index (χ1v) is 5.03. The van der Waals surface area contributed by atoms with Crippen molar-refractivity contribution in [2.45, 2.75) is 20.3 Å².